The molecular formula is C22H32FN3O3. The second kappa shape index (κ2) is 9.57. The van der Waals surface area contributed by atoms with Crippen LogP contribution in [0.15, 0.2) is 18.2 Å². The Morgan fingerprint density at radius 1 is 1.17 bits per heavy atom. The van der Waals surface area contributed by atoms with Crippen LogP contribution in [0.1, 0.15) is 62.2 Å². The Labute approximate surface area is 172 Å². The molecule has 0 unspecified atom stereocenters. The highest BCUT2D eigenvalue weighted by Crippen LogP contribution is 2.30. The van der Waals surface area contributed by atoms with Crippen molar-refractivity contribution < 1.29 is 18.7 Å². The number of hydrogen-bond acceptors (Lipinski definition) is 4. The van der Waals surface area contributed by atoms with E-state index in [0.717, 1.165) is 38.5 Å². The van der Waals surface area contributed by atoms with Gasteiger partial charge in [-0.3, -0.25) is 9.59 Å². The summed E-state index contributed by atoms with van der Waals surface area (Å²) in [6.07, 6.45) is 7.28. The number of ether oxygens (including phenoxy) is 1. The van der Waals surface area contributed by atoms with Gasteiger partial charge in [-0.1, -0.05) is 0 Å². The van der Waals surface area contributed by atoms with E-state index in [9.17, 15) is 14.0 Å². The molecule has 160 valence electrons. The second-order valence-corrected chi connectivity index (χ2v) is 8.65. The fourth-order valence-electron chi connectivity index (χ4n) is 4.17. The van der Waals surface area contributed by atoms with E-state index in [2.05, 4.69) is 22.9 Å². The van der Waals surface area contributed by atoms with Gasteiger partial charge < -0.3 is 20.7 Å². The lowest BCUT2D eigenvalue weighted by Crippen LogP contribution is -2.53. The van der Waals surface area contributed by atoms with E-state index in [-0.39, 0.29) is 22.9 Å². The zero-order chi connectivity index (χ0) is 20.9. The summed E-state index contributed by atoms with van der Waals surface area (Å²) in [4.78, 5) is 24.4. The summed E-state index contributed by atoms with van der Waals surface area (Å²) in [5.41, 5.74) is 0.267. The van der Waals surface area contributed by atoms with Gasteiger partial charge in [-0.05, 0) is 69.9 Å². The van der Waals surface area contributed by atoms with Crippen molar-refractivity contribution in [1.82, 2.24) is 16.0 Å². The molecule has 6 nitrogen and oxygen atoms in total. The summed E-state index contributed by atoms with van der Waals surface area (Å²) in [5, 5.41) is 9.39. The van der Waals surface area contributed by atoms with Gasteiger partial charge in [0.2, 0.25) is 5.91 Å². The molecule has 7 heteroatoms. The normalized spacial score (nSPS) is 23.0. The molecule has 3 N–H and O–H groups in total. The maximum Gasteiger partial charge on any atom is 0.251 e. The Morgan fingerprint density at radius 2 is 1.90 bits per heavy atom. The highest BCUT2D eigenvalue weighted by Gasteiger charge is 2.33. The van der Waals surface area contributed by atoms with Crippen LogP contribution >= 0.6 is 0 Å². The Hall–Kier alpha value is -2.15. The zero-order valence-corrected chi connectivity index (χ0v) is 17.4. The fourth-order valence-corrected chi connectivity index (χ4v) is 4.17. The summed E-state index contributed by atoms with van der Waals surface area (Å²) >= 11 is 0. The van der Waals surface area contributed by atoms with E-state index in [1.807, 2.05) is 0 Å². The molecule has 0 saturated heterocycles. The number of rotatable bonds is 8. The molecule has 1 aromatic rings. The third-order valence-corrected chi connectivity index (χ3v) is 6.22. The predicted octanol–water partition coefficient (Wildman–Crippen LogP) is 2.77. The highest BCUT2D eigenvalue weighted by molar-refractivity contribution is 5.94. The number of carbonyl (C=O) groups excluding carboxylic acids is 2. The Bertz CT molecular complexity index is 728. The van der Waals surface area contributed by atoms with Gasteiger partial charge in [-0.25, -0.2) is 4.39 Å². The van der Waals surface area contributed by atoms with Crippen LogP contribution in [0.2, 0.25) is 0 Å². The van der Waals surface area contributed by atoms with E-state index in [1.54, 1.807) is 0 Å². The molecule has 2 fully saturated rings. The Balaban J connectivity index is 1.35. The first-order chi connectivity index (χ1) is 13.9. The van der Waals surface area contributed by atoms with E-state index in [0.29, 0.717) is 30.8 Å². The number of halogens is 1. The molecule has 0 atom stereocenters. The van der Waals surface area contributed by atoms with Crippen molar-refractivity contribution in [3.8, 4) is 5.75 Å². The third kappa shape index (κ3) is 6.16. The van der Waals surface area contributed by atoms with Gasteiger partial charge in [0.25, 0.3) is 5.91 Å². The maximum atomic E-state index is 13.6. The van der Waals surface area contributed by atoms with Crippen LogP contribution < -0.4 is 20.7 Å². The van der Waals surface area contributed by atoms with Crippen molar-refractivity contribution in [2.75, 3.05) is 20.2 Å². The number of hydrogen-bond donors (Lipinski definition) is 3. The maximum absolute atomic E-state index is 13.6. The number of carbonyl (C=O) groups is 2. The van der Waals surface area contributed by atoms with Crippen molar-refractivity contribution in [2.24, 2.45) is 5.92 Å². The van der Waals surface area contributed by atoms with Crippen LogP contribution in [0, 0.1) is 11.7 Å². The molecule has 0 bridgehead atoms. The van der Waals surface area contributed by atoms with Gasteiger partial charge in [0.15, 0.2) is 0 Å². The molecule has 0 radical (unpaired) electrons. The van der Waals surface area contributed by atoms with E-state index in [1.165, 1.54) is 31.7 Å². The van der Waals surface area contributed by atoms with Gasteiger partial charge in [0.1, 0.15) is 11.6 Å². The number of benzene rings is 1. The zero-order valence-electron chi connectivity index (χ0n) is 17.4. The van der Waals surface area contributed by atoms with Crippen molar-refractivity contribution >= 4 is 11.8 Å². The lowest BCUT2D eigenvalue weighted by Gasteiger charge is -2.39. The summed E-state index contributed by atoms with van der Waals surface area (Å²) < 4.78 is 18.6. The molecule has 2 aliphatic carbocycles. The first-order valence-electron chi connectivity index (χ1n) is 10.5. The fraction of sp³-hybridized carbons (Fsp3) is 0.636. The first-order valence-corrected chi connectivity index (χ1v) is 10.5. The van der Waals surface area contributed by atoms with Gasteiger partial charge in [-0.2, -0.15) is 0 Å². The molecule has 1 aromatic carbocycles. The second-order valence-electron chi connectivity index (χ2n) is 8.65. The summed E-state index contributed by atoms with van der Waals surface area (Å²) in [5.74, 6) is 0.0278. The van der Waals surface area contributed by atoms with Gasteiger partial charge in [-0.15, -0.1) is 0 Å². The quantitative estimate of drug-likeness (QED) is 0.621. The number of methoxy groups -OCH3 is 1. The summed E-state index contributed by atoms with van der Waals surface area (Å²) in [6, 6.07) is 4.34. The van der Waals surface area contributed by atoms with E-state index < -0.39 is 5.82 Å². The molecular weight excluding hydrogens is 373 g/mol. The summed E-state index contributed by atoms with van der Waals surface area (Å²) in [7, 11) is 1.44. The van der Waals surface area contributed by atoms with Crippen LogP contribution in [0.25, 0.3) is 0 Å². The van der Waals surface area contributed by atoms with Gasteiger partial charge >= 0.3 is 0 Å². The minimum atomic E-state index is -0.489. The first kappa shape index (κ1) is 21.6. The topological polar surface area (TPSA) is 79.5 Å². The standard InChI is InChI=1S/C22H32FN3O3/c1-22(8-3-9-22)26-20(27)14-24-18-6-4-15(5-7-18)13-25-21(28)16-10-17(23)12-19(11-16)29-2/h10-12,15,18,24H,3-9,13-14H2,1-2H3,(H,25,28)(H,26,27)/t15-,18+. The minimum absolute atomic E-state index is 0.000315. The Kier molecular flexibility index (Phi) is 7.11. The van der Waals surface area contributed by atoms with Crippen molar-refractivity contribution in [3.05, 3.63) is 29.6 Å². The minimum Gasteiger partial charge on any atom is -0.497 e. The van der Waals surface area contributed by atoms with Crippen LogP contribution in [0.4, 0.5) is 4.39 Å². The van der Waals surface area contributed by atoms with E-state index >= 15 is 0 Å². The monoisotopic (exact) mass is 405 g/mol. The summed E-state index contributed by atoms with van der Waals surface area (Å²) in [6.45, 7) is 3.04. The lowest BCUT2D eigenvalue weighted by atomic mass is 9.78. The van der Waals surface area contributed by atoms with Crippen molar-refractivity contribution in [3.63, 3.8) is 0 Å². The largest absolute Gasteiger partial charge is 0.497 e. The van der Waals surface area contributed by atoms with E-state index in [4.69, 9.17) is 4.74 Å². The molecule has 29 heavy (non-hydrogen) atoms. The molecule has 2 aliphatic rings. The van der Waals surface area contributed by atoms with Gasteiger partial charge in [0, 0.05) is 29.8 Å². The van der Waals surface area contributed by atoms with Crippen LogP contribution in [-0.4, -0.2) is 43.6 Å². The molecule has 0 aromatic heterocycles. The van der Waals surface area contributed by atoms with Crippen LogP contribution in [-0.2, 0) is 4.79 Å². The van der Waals surface area contributed by atoms with Crippen molar-refractivity contribution in [2.45, 2.75) is 63.5 Å². The average Bonchev–Trinajstić information content (AvgIpc) is 2.69. The molecule has 3 rings (SSSR count). The van der Waals surface area contributed by atoms with Crippen LogP contribution in [0.3, 0.4) is 0 Å². The lowest BCUT2D eigenvalue weighted by molar-refractivity contribution is -0.123. The Morgan fingerprint density at radius 3 is 2.52 bits per heavy atom. The predicted molar refractivity (Wildman–Crippen MR) is 109 cm³/mol. The molecule has 2 saturated carbocycles. The van der Waals surface area contributed by atoms with Crippen LogP contribution in [0.5, 0.6) is 5.75 Å². The molecule has 0 aliphatic heterocycles. The molecule has 0 spiro atoms. The number of nitrogens with one attached hydrogen (secondary N) is 3. The highest BCUT2D eigenvalue weighted by atomic mass is 19.1. The average molecular weight is 406 g/mol. The molecule has 0 heterocycles. The third-order valence-electron chi connectivity index (χ3n) is 6.22. The van der Waals surface area contributed by atoms with Crippen molar-refractivity contribution in [1.29, 1.82) is 0 Å². The number of amides is 2. The molecule has 2 amide bonds. The SMILES string of the molecule is COc1cc(F)cc(C(=O)NC[C@H]2CC[C@@H](NCC(=O)NC3(C)CCC3)CC2)c1. The smallest absolute Gasteiger partial charge is 0.251 e. The van der Waals surface area contributed by atoms with Gasteiger partial charge in [0.05, 0.1) is 13.7 Å².